The Hall–Kier alpha value is -2.38. The lowest BCUT2D eigenvalue weighted by atomic mass is 10.1. The molecule has 3 aromatic rings. The van der Waals surface area contributed by atoms with E-state index in [4.69, 9.17) is 4.74 Å². The second kappa shape index (κ2) is 7.46. The molecule has 0 saturated carbocycles. The second-order valence-corrected chi connectivity index (χ2v) is 6.02. The number of aliphatic hydroxyl groups excluding tert-OH is 1. The van der Waals surface area contributed by atoms with E-state index in [0.29, 0.717) is 22.2 Å². The highest BCUT2D eigenvalue weighted by Gasteiger charge is 2.14. The van der Waals surface area contributed by atoms with E-state index in [1.54, 1.807) is 30.1 Å². The minimum absolute atomic E-state index is 0.325. The summed E-state index contributed by atoms with van der Waals surface area (Å²) in [5.41, 5.74) is 1.48. The summed E-state index contributed by atoms with van der Waals surface area (Å²) in [6, 6.07) is 13.4. The molecule has 24 heavy (non-hydrogen) atoms. The van der Waals surface area contributed by atoms with Crippen molar-refractivity contribution >= 4 is 11.8 Å². The summed E-state index contributed by atoms with van der Waals surface area (Å²) in [4.78, 5) is 0. The van der Waals surface area contributed by atoms with Crippen LogP contribution in [-0.2, 0) is 0 Å². The van der Waals surface area contributed by atoms with E-state index in [0.717, 1.165) is 5.69 Å². The number of thioether (sulfide) groups is 1. The third-order valence-corrected chi connectivity index (χ3v) is 4.51. The van der Waals surface area contributed by atoms with Gasteiger partial charge in [0.15, 0.2) is 5.16 Å². The van der Waals surface area contributed by atoms with Crippen LogP contribution >= 0.6 is 11.8 Å². The number of ether oxygens (including phenoxy) is 1. The summed E-state index contributed by atoms with van der Waals surface area (Å²) in [7, 11) is 1.61. The third-order valence-electron chi connectivity index (χ3n) is 3.49. The van der Waals surface area contributed by atoms with Gasteiger partial charge in [0, 0.05) is 5.75 Å². The second-order valence-electron chi connectivity index (χ2n) is 5.03. The fourth-order valence-electron chi connectivity index (χ4n) is 2.25. The molecule has 0 bridgehead atoms. The Bertz CT molecular complexity index is 808. The van der Waals surface area contributed by atoms with Crippen LogP contribution in [0, 0.1) is 5.82 Å². The molecule has 0 aliphatic rings. The molecule has 1 heterocycles. The molecule has 0 saturated heterocycles. The highest BCUT2D eigenvalue weighted by atomic mass is 32.2. The largest absolute Gasteiger partial charge is 0.495 e. The summed E-state index contributed by atoms with van der Waals surface area (Å²) in [5.74, 6) is 0.757. The van der Waals surface area contributed by atoms with Crippen LogP contribution in [-0.4, -0.2) is 32.7 Å². The predicted octanol–water partition coefficient (Wildman–Crippen LogP) is 3.24. The Balaban J connectivity index is 1.75. The molecule has 2 aromatic carbocycles. The van der Waals surface area contributed by atoms with Crippen molar-refractivity contribution in [3.63, 3.8) is 0 Å². The summed E-state index contributed by atoms with van der Waals surface area (Å²) < 4.78 is 20.1. The van der Waals surface area contributed by atoms with Crippen molar-refractivity contribution in [3.05, 3.63) is 66.2 Å². The van der Waals surface area contributed by atoms with E-state index < -0.39 is 6.10 Å². The first-order valence-corrected chi connectivity index (χ1v) is 8.27. The van der Waals surface area contributed by atoms with Crippen molar-refractivity contribution < 1.29 is 14.2 Å². The molecule has 0 fully saturated rings. The molecule has 7 heteroatoms. The van der Waals surface area contributed by atoms with Crippen LogP contribution in [0.3, 0.4) is 0 Å². The van der Waals surface area contributed by atoms with E-state index in [-0.39, 0.29) is 5.82 Å². The van der Waals surface area contributed by atoms with E-state index in [2.05, 4.69) is 10.2 Å². The maximum Gasteiger partial charge on any atom is 0.195 e. The van der Waals surface area contributed by atoms with Gasteiger partial charge in [-0.1, -0.05) is 36.0 Å². The van der Waals surface area contributed by atoms with Gasteiger partial charge in [-0.2, -0.15) is 0 Å². The predicted molar refractivity (Wildman–Crippen MR) is 90.0 cm³/mol. The number of para-hydroxylation sites is 2. The van der Waals surface area contributed by atoms with Crippen LogP contribution in [0.15, 0.2) is 60.0 Å². The molecule has 5 nitrogen and oxygen atoms in total. The van der Waals surface area contributed by atoms with Gasteiger partial charge in [0.1, 0.15) is 17.9 Å². The van der Waals surface area contributed by atoms with Gasteiger partial charge in [-0.25, -0.2) is 4.39 Å². The van der Waals surface area contributed by atoms with E-state index >= 15 is 0 Å². The number of hydrogen-bond acceptors (Lipinski definition) is 5. The van der Waals surface area contributed by atoms with Crippen molar-refractivity contribution in [2.75, 3.05) is 12.9 Å². The van der Waals surface area contributed by atoms with Crippen LogP contribution in [0.4, 0.5) is 4.39 Å². The van der Waals surface area contributed by atoms with Crippen molar-refractivity contribution in [2.45, 2.75) is 11.3 Å². The molecule has 1 atom stereocenters. The molecule has 0 aliphatic heterocycles. The number of benzene rings is 2. The molecular formula is C17H16FN3O2S. The topological polar surface area (TPSA) is 60.2 Å². The number of aliphatic hydroxyl groups is 1. The number of rotatable bonds is 6. The van der Waals surface area contributed by atoms with E-state index in [1.807, 2.05) is 24.3 Å². The summed E-state index contributed by atoms with van der Waals surface area (Å²) in [6.07, 6.45) is 0.878. The first-order valence-electron chi connectivity index (χ1n) is 7.29. The Morgan fingerprint density at radius 1 is 1.21 bits per heavy atom. The Morgan fingerprint density at radius 3 is 2.71 bits per heavy atom. The van der Waals surface area contributed by atoms with Crippen LogP contribution in [0.2, 0.25) is 0 Å². The normalized spacial score (nSPS) is 12.1. The number of aromatic nitrogens is 3. The van der Waals surface area contributed by atoms with Crippen molar-refractivity contribution in [3.8, 4) is 11.4 Å². The van der Waals surface area contributed by atoms with Gasteiger partial charge in [0.2, 0.25) is 0 Å². The zero-order valence-corrected chi connectivity index (χ0v) is 13.8. The van der Waals surface area contributed by atoms with Gasteiger partial charge in [-0.15, -0.1) is 10.2 Å². The molecule has 0 radical (unpaired) electrons. The molecular weight excluding hydrogens is 329 g/mol. The summed E-state index contributed by atoms with van der Waals surface area (Å²) >= 11 is 1.36. The Kier molecular flexibility index (Phi) is 5.12. The van der Waals surface area contributed by atoms with Gasteiger partial charge in [-0.3, -0.25) is 4.57 Å². The van der Waals surface area contributed by atoms with Crippen molar-refractivity contribution in [2.24, 2.45) is 0 Å². The van der Waals surface area contributed by atoms with Gasteiger partial charge >= 0.3 is 0 Å². The highest BCUT2D eigenvalue weighted by Crippen LogP contribution is 2.28. The first kappa shape index (κ1) is 16.5. The molecule has 0 spiro atoms. The lowest BCUT2D eigenvalue weighted by molar-refractivity contribution is 0.204. The molecule has 124 valence electrons. The van der Waals surface area contributed by atoms with Gasteiger partial charge in [-0.05, 0) is 29.8 Å². The van der Waals surface area contributed by atoms with Gasteiger partial charge in [0.05, 0.1) is 18.9 Å². The van der Waals surface area contributed by atoms with Gasteiger partial charge in [0.25, 0.3) is 0 Å². The molecule has 3 rings (SSSR count). The Morgan fingerprint density at radius 2 is 1.96 bits per heavy atom. The number of methoxy groups -OCH3 is 1. The van der Waals surface area contributed by atoms with E-state index in [9.17, 15) is 9.50 Å². The minimum Gasteiger partial charge on any atom is -0.495 e. The van der Waals surface area contributed by atoms with Gasteiger partial charge < -0.3 is 9.84 Å². The molecule has 0 amide bonds. The van der Waals surface area contributed by atoms with Crippen LogP contribution in [0.5, 0.6) is 5.75 Å². The van der Waals surface area contributed by atoms with Crippen molar-refractivity contribution in [1.29, 1.82) is 0 Å². The highest BCUT2D eigenvalue weighted by molar-refractivity contribution is 7.99. The summed E-state index contributed by atoms with van der Waals surface area (Å²) in [6.45, 7) is 0. The minimum atomic E-state index is -0.724. The third kappa shape index (κ3) is 3.58. The number of hydrogen-bond donors (Lipinski definition) is 1. The maximum atomic E-state index is 13.0. The zero-order valence-electron chi connectivity index (χ0n) is 13.0. The lowest BCUT2D eigenvalue weighted by Gasteiger charge is -2.12. The summed E-state index contributed by atoms with van der Waals surface area (Å²) in [5, 5.41) is 18.9. The first-order chi connectivity index (χ1) is 11.7. The smallest absolute Gasteiger partial charge is 0.195 e. The fraction of sp³-hybridized carbons (Fsp3) is 0.176. The number of halogens is 1. The molecule has 0 aliphatic carbocycles. The molecule has 1 unspecified atom stereocenters. The fourth-order valence-corrected chi connectivity index (χ4v) is 3.14. The van der Waals surface area contributed by atoms with Crippen LogP contribution in [0.25, 0.3) is 5.69 Å². The maximum absolute atomic E-state index is 13.0. The average molecular weight is 345 g/mol. The average Bonchev–Trinajstić information content (AvgIpc) is 3.08. The van der Waals surface area contributed by atoms with Crippen molar-refractivity contribution in [1.82, 2.24) is 14.8 Å². The van der Waals surface area contributed by atoms with Crippen LogP contribution in [0.1, 0.15) is 11.7 Å². The van der Waals surface area contributed by atoms with E-state index in [1.165, 1.54) is 23.9 Å². The standard InChI is InChI=1S/C17H16FN3O2S/c1-23-16-5-3-2-4-14(16)21-11-19-20-17(21)24-10-15(22)12-6-8-13(18)9-7-12/h2-9,11,15,22H,10H2,1H3. The molecule has 1 aromatic heterocycles. The van der Waals surface area contributed by atoms with Crippen LogP contribution < -0.4 is 4.74 Å². The SMILES string of the molecule is COc1ccccc1-n1cnnc1SCC(O)c1ccc(F)cc1. The quantitative estimate of drug-likeness (QED) is 0.695. The molecule has 1 N–H and O–H groups in total. The lowest BCUT2D eigenvalue weighted by Crippen LogP contribution is -2.03. The Labute approximate surface area is 143 Å². The number of nitrogens with zero attached hydrogens (tertiary/aromatic N) is 3. The monoisotopic (exact) mass is 345 g/mol. The zero-order chi connectivity index (χ0) is 16.9.